The SMILES string of the molecule is Cn1nnc(COc2ccc(Cl)c3c2C(CN2CCCC2=O)N(C(=O)OC(=O)C2(C)CCCCC2)CC3)c1C(F)F. The first-order chi connectivity index (χ1) is 19.6. The van der Waals surface area contributed by atoms with Crippen LogP contribution in [0.25, 0.3) is 0 Å². The van der Waals surface area contributed by atoms with Gasteiger partial charge < -0.3 is 14.4 Å². The molecule has 0 N–H and O–H groups in total. The van der Waals surface area contributed by atoms with Gasteiger partial charge in [0.05, 0.1) is 11.5 Å². The number of esters is 1. The van der Waals surface area contributed by atoms with Gasteiger partial charge in [-0.1, -0.05) is 36.1 Å². The molecule has 1 aliphatic carbocycles. The van der Waals surface area contributed by atoms with Gasteiger partial charge in [-0.25, -0.2) is 18.3 Å². The third kappa shape index (κ3) is 5.89. The number of aryl methyl sites for hydroxylation is 1. The van der Waals surface area contributed by atoms with Crippen molar-refractivity contribution >= 4 is 29.6 Å². The number of ether oxygens (including phenoxy) is 2. The van der Waals surface area contributed by atoms with Crippen molar-refractivity contribution in [2.75, 3.05) is 19.6 Å². The summed E-state index contributed by atoms with van der Waals surface area (Å²) >= 11 is 6.59. The minimum atomic E-state index is -2.80. The molecule has 1 saturated heterocycles. The van der Waals surface area contributed by atoms with Crippen molar-refractivity contribution < 1.29 is 32.6 Å². The van der Waals surface area contributed by atoms with E-state index in [1.54, 1.807) is 17.0 Å². The molecule has 3 aliphatic rings. The first-order valence-corrected chi connectivity index (χ1v) is 14.4. The second-order valence-corrected chi connectivity index (χ2v) is 11.7. The molecule has 1 atom stereocenters. The fraction of sp³-hybridized carbons (Fsp3) is 0.607. The molecule has 13 heteroatoms. The lowest BCUT2D eigenvalue weighted by molar-refractivity contribution is -0.151. The van der Waals surface area contributed by atoms with E-state index in [2.05, 4.69) is 10.3 Å². The van der Waals surface area contributed by atoms with E-state index < -0.39 is 29.9 Å². The topological polar surface area (TPSA) is 107 Å². The van der Waals surface area contributed by atoms with Gasteiger partial charge in [-0.05, 0) is 50.3 Å². The van der Waals surface area contributed by atoms with E-state index in [4.69, 9.17) is 21.1 Å². The smallest absolute Gasteiger partial charge is 0.418 e. The summed E-state index contributed by atoms with van der Waals surface area (Å²) in [7, 11) is 1.38. The van der Waals surface area contributed by atoms with Crippen LogP contribution in [0, 0.1) is 5.41 Å². The van der Waals surface area contributed by atoms with E-state index >= 15 is 0 Å². The molecule has 222 valence electrons. The number of carbonyl (C=O) groups is 3. The van der Waals surface area contributed by atoms with E-state index in [9.17, 15) is 23.2 Å². The van der Waals surface area contributed by atoms with E-state index in [1.807, 2.05) is 6.92 Å². The van der Waals surface area contributed by atoms with Crippen LogP contribution in [0.15, 0.2) is 12.1 Å². The van der Waals surface area contributed by atoms with Gasteiger partial charge in [-0.3, -0.25) is 14.5 Å². The fourth-order valence-corrected chi connectivity index (χ4v) is 6.40. The molecule has 0 radical (unpaired) electrons. The number of nitrogens with zero attached hydrogens (tertiary/aromatic N) is 5. The minimum Gasteiger partial charge on any atom is -0.487 e. The maximum atomic E-state index is 13.6. The lowest BCUT2D eigenvalue weighted by atomic mass is 9.76. The van der Waals surface area contributed by atoms with Gasteiger partial charge in [0.1, 0.15) is 23.7 Å². The van der Waals surface area contributed by atoms with Crippen molar-refractivity contribution in [2.45, 2.75) is 77.4 Å². The summed E-state index contributed by atoms with van der Waals surface area (Å²) in [6.07, 6.45) is 2.02. The standard InChI is InChI=1S/C28H34ClF2N5O5/c1-28(11-4-3-5-12-28)26(38)41-27(39)36-14-10-17-18(29)8-9-21(23(17)20(36)15-35-13-6-7-22(35)37)40-16-19-24(25(30)31)34(2)33-32-19/h8-9,20,25H,3-7,10-16H2,1-2H3. The van der Waals surface area contributed by atoms with Crippen molar-refractivity contribution in [1.82, 2.24) is 24.8 Å². The third-order valence-corrected chi connectivity index (χ3v) is 8.87. The Balaban J connectivity index is 1.46. The number of fused-ring (bicyclic) bond motifs is 1. The zero-order valence-corrected chi connectivity index (χ0v) is 24.0. The Morgan fingerprint density at radius 3 is 2.59 bits per heavy atom. The Kier molecular flexibility index (Phi) is 8.49. The summed E-state index contributed by atoms with van der Waals surface area (Å²) in [5.41, 5.74) is 0.185. The van der Waals surface area contributed by atoms with E-state index in [0.717, 1.165) is 29.5 Å². The lowest BCUT2D eigenvalue weighted by Gasteiger charge is -2.40. The summed E-state index contributed by atoms with van der Waals surface area (Å²) in [4.78, 5) is 42.4. The second kappa shape index (κ2) is 11.9. The Labute approximate surface area is 241 Å². The second-order valence-electron chi connectivity index (χ2n) is 11.3. The highest BCUT2D eigenvalue weighted by Crippen LogP contribution is 2.42. The number of benzene rings is 1. The lowest BCUT2D eigenvalue weighted by Crippen LogP contribution is -2.47. The molecule has 0 spiro atoms. The minimum absolute atomic E-state index is 0.0177. The number of aromatic nitrogens is 3. The highest BCUT2D eigenvalue weighted by Gasteiger charge is 2.42. The zero-order chi connectivity index (χ0) is 29.3. The monoisotopic (exact) mass is 593 g/mol. The number of likely N-dealkylation sites (tertiary alicyclic amines) is 1. The van der Waals surface area contributed by atoms with Gasteiger partial charge in [-0.15, -0.1) is 5.10 Å². The Morgan fingerprint density at radius 2 is 1.90 bits per heavy atom. The molecule has 1 aromatic carbocycles. The van der Waals surface area contributed by atoms with Crippen LogP contribution < -0.4 is 4.74 Å². The van der Waals surface area contributed by atoms with Crippen LogP contribution in [0.4, 0.5) is 13.6 Å². The molecular formula is C28H34ClF2N5O5. The highest BCUT2D eigenvalue weighted by molar-refractivity contribution is 6.31. The van der Waals surface area contributed by atoms with Gasteiger partial charge in [0.2, 0.25) is 5.91 Å². The van der Waals surface area contributed by atoms with Crippen molar-refractivity contribution in [3.05, 3.63) is 39.7 Å². The fourth-order valence-electron chi connectivity index (χ4n) is 6.14. The summed E-state index contributed by atoms with van der Waals surface area (Å²) < 4.78 is 39.7. The molecule has 2 fully saturated rings. The Hall–Kier alpha value is -3.28. The molecule has 41 heavy (non-hydrogen) atoms. The third-order valence-electron chi connectivity index (χ3n) is 8.52. The summed E-state index contributed by atoms with van der Waals surface area (Å²) in [5.74, 6) is -0.273. The van der Waals surface area contributed by atoms with Crippen LogP contribution in [-0.4, -0.2) is 62.4 Å². The van der Waals surface area contributed by atoms with Gasteiger partial charge in [0.25, 0.3) is 6.43 Å². The van der Waals surface area contributed by atoms with E-state index in [1.165, 1.54) is 11.9 Å². The van der Waals surface area contributed by atoms with Gasteiger partial charge in [0.15, 0.2) is 0 Å². The molecule has 1 saturated carbocycles. The number of hydrogen-bond acceptors (Lipinski definition) is 7. The Bertz CT molecular complexity index is 1330. The van der Waals surface area contributed by atoms with Crippen LogP contribution in [0.5, 0.6) is 5.75 Å². The average molecular weight is 594 g/mol. The van der Waals surface area contributed by atoms with Crippen molar-refractivity contribution in [3.63, 3.8) is 0 Å². The predicted octanol–water partition coefficient (Wildman–Crippen LogP) is 5.14. The number of alkyl halides is 2. The number of halogens is 3. The molecule has 10 nitrogen and oxygen atoms in total. The predicted molar refractivity (Wildman–Crippen MR) is 143 cm³/mol. The van der Waals surface area contributed by atoms with Gasteiger partial charge in [-0.2, -0.15) is 0 Å². The summed E-state index contributed by atoms with van der Waals surface area (Å²) in [6.45, 7) is 2.43. The first kappa shape index (κ1) is 29.2. The number of hydrogen-bond donors (Lipinski definition) is 0. The summed E-state index contributed by atoms with van der Waals surface area (Å²) in [5, 5.41) is 7.97. The molecule has 0 bridgehead atoms. The molecule has 1 aromatic heterocycles. The maximum absolute atomic E-state index is 13.6. The molecule has 3 heterocycles. The van der Waals surface area contributed by atoms with E-state index in [0.29, 0.717) is 55.0 Å². The molecule has 2 aromatic rings. The normalized spacial score (nSPS) is 20.3. The molecule has 2 aliphatic heterocycles. The molecule has 2 amide bonds. The summed E-state index contributed by atoms with van der Waals surface area (Å²) in [6, 6.07) is 2.53. The van der Waals surface area contributed by atoms with Gasteiger partial charge >= 0.3 is 12.1 Å². The number of amides is 2. The Morgan fingerprint density at radius 1 is 1.15 bits per heavy atom. The maximum Gasteiger partial charge on any atom is 0.418 e. The van der Waals surface area contributed by atoms with Crippen LogP contribution in [0.3, 0.4) is 0 Å². The van der Waals surface area contributed by atoms with Crippen molar-refractivity contribution in [3.8, 4) is 5.75 Å². The van der Waals surface area contributed by atoms with Crippen molar-refractivity contribution in [1.29, 1.82) is 0 Å². The molecular weight excluding hydrogens is 560 g/mol. The van der Waals surface area contributed by atoms with Crippen LogP contribution in [0.2, 0.25) is 5.02 Å². The number of rotatable bonds is 7. The van der Waals surface area contributed by atoms with Crippen LogP contribution in [0.1, 0.15) is 86.9 Å². The number of carbonyl (C=O) groups excluding carboxylic acids is 3. The quantitative estimate of drug-likeness (QED) is 0.323. The zero-order valence-electron chi connectivity index (χ0n) is 23.2. The van der Waals surface area contributed by atoms with E-state index in [-0.39, 0.29) is 37.0 Å². The highest BCUT2D eigenvalue weighted by atomic mass is 35.5. The average Bonchev–Trinajstić information content (AvgIpc) is 3.53. The van der Waals surface area contributed by atoms with Gasteiger partial charge in [0, 0.05) is 43.7 Å². The first-order valence-electron chi connectivity index (χ1n) is 14.0. The molecule has 1 unspecified atom stereocenters. The van der Waals surface area contributed by atoms with Crippen LogP contribution in [-0.2, 0) is 34.4 Å². The van der Waals surface area contributed by atoms with Crippen molar-refractivity contribution in [2.24, 2.45) is 12.5 Å². The largest absolute Gasteiger partial charge is 0.487 e. The van der Waals surface area contributed by atoms with Crippen LogP contribution >= 0.6 is 11.6 Å². The molecule has 5 rings (SSSR count).